The molecule has 0 saturated carbocycles. The molecule has 1 aromatic heterocycles. The second-order valence-electron chi connectivity index (χ2n) is 2.82. The summed E-state index contributed by atoms with van der Waals surface area (Å²) in [6, 6.07) is 3.84. The summed E-state index contributed by atoms with van der Waals surface area (Å²) in [5.74, 6) is 0.446. The van der Waals surface area contributed by atoms with Crippen LogP contribution in [-0.2, 0) is 0 Å². The van der Waals surface area contributed by atoms with E-state index in [1.807, 2.05) is 0 Å². The average molecular weight is 302 g/mol. The van der Waals surface area contributed by atoms with Gasteiger partial charge < -0.3 is 4.74 Å². The lowest BCUT2D eigenvalue weighted by Crippen LogP contribution is -2.00. The van der Waals surface area contributed by atoms with E-state index in [0.29, 0.717) is 18.1 Å². The lowest BCUT2D eigenvalue weighted by Gasteiger charge is -2.05. The van der Waals surface area contributed by atoms with Gasteiger partial charge in [-0.25, -0.2) is 4.98 Å². The van der Waals surface area contributed by atoms with Crippen LogP contribution in [0.1, 0.15) is 25.3 Å². The van der Waals surface area contributed by atoms with Crippen molar-refractivity contribution in [1.82, 2.24) is 4.98 Å². The summed E-state index contributed by atoms with van der Waals surface area (Å²) in [6.45, 7) is 2.72. The van der Waals surface area contributed by atoms with E-state index in [4.69, 9.17) is 10.00 Å². The summed E-state index contributed by atoms with van der Waals surface area (Å²) in [5, 5.41) is 8.83. The molecule has 0 saturated heterocycles. The van der Waals surface area contributed by atoms with E-state index in [9.17, 15) is 0 Å². The van der Waals surface area contributed by atoms with E-state index >= 15 is 0 Å². The number of rotatable bonds is 4. The molecule has 0 bridgehead atoms. The fourth-order valence-corrected chi connectivity index (χ4v) is 1.39. The molecule has 0 aliphatic rings. The number of ether oxygens (including phenoxy) is 1. The molecule has 0 spiro atoms. The number of hydrogen-bond acceptors (Lipinski definition) is 3. The van der Waals surface area contributed by atoms with Crippen LogP contribution in [0.2, 0.25) is 0 Å². The number of pyridine rings is 1. The van der Waals surface area contributed by atoms with Gasteiger partial charge in [0, 0.05) is 9.77 Å². The smallest absolute Gasteiger partial charge is 0.231 e. The van der Waals surface area contributed by atoms with Crippen molar-refractivity contribution in [3.05, 3.63) is 21.4 Å². The summed E-state index contributed by atoms with van der Waals surface area (Å²) in [5.41, 5.74) is 0.507. The summed E-state index contributed by atoms with van der Waals surface area (Å²) in [6.07, 6.45) is 3.76. The fourth-order valence-electron chi connectivity index (χ4n) is 0.935. The molecule has 3 nitrogen and oxygen atoms in total. The SMILES string of the molecule is CCCCOc1ncc(I)cc1C#N. The summed E-state index contributed by atoms with van der Waals surface area (Å²) >= 11 is 2.12. The molecule has 1 heterocycles. The van der Waals surface area contributed by atoms with Gasteiger partial charge in [0.15, 0.2) is 0 Å². The number of nitriles is 1. The molecular weight excluding hydrogens is 291 g/mol. The van der Waals surface area contributed by atoms with Gasteiger partial charge >= 0.3 is 0 Å². The Morgan fingerprint density at radius 1 is 1.64 bits per heavy atom. The first-order chi connectivity index (χ1) is 6.77. The summed E-state index contributed by atoms with van der Waals surface area (Å²) < 4.78 is 6.33. The molecule has 14 heavy (non-hydrogen) atoms. The lowest BCUT2D eigenvalue weighted by atomic mass is 10.3. The highest BCUT2D eigenvalue weighted by Crippen LogP contribution is 2.16. The Labute approximate surface area is 97.2 Å². The molecule has 0 aromatic carbocycles. The van der Waals surface area contributed by atoms with Gasteiger partial charge in [0.2, 0.25) is 5.88 Å². The van der Waals surface area contributed by atoms with Gasteiger partial charge in [-0.2, -0.15) is 5.26 Å². The van der Waals surface area contributed by atoms with Crippen molar-refractivity contribution in [2.45, 2.75) is 19.8 Å². The molecule has 0 aliphatic heterocycles. The van der Waals surface area contributed by atoms with Crippen molar-refractivity contribution in [2.24, 2.45) is 0 Å². The summed E-state index contributed by atoms with van der Waals surface area (Å²) in [7, 11) is 0. The maximum Gasteiger partial charge on any atom is 0.231 e. The standard InChI is InChI=1S/C10H11IN2O/c1-2-3-4-14-10-8(6-12)5-9(11)7-13-10/h5,7H,2-4H2,1H3. The predicted octanol–water partition coefficient (Wildman–Crippen LogP) is 2.74. The van der Waals surface area contributed by atoms with Gasteiger partial charge in [-0.3, -0.25) is 0 Å². The second-order valence-corrected chi connectivity index (χ2v) is 4.07. The van der Waals surface area contributed by atoms with Crippen molar-refractivity contribution in [3.8, 4) is 11.9 Å². The Bertz CT molecular complexity index is 346. The Balaban J connectivity index is 2.72. The topological polar surface area (TPSA) is 45.9 Å². The van der Waals surface area contributed by atoms with Crippen molar-refractivity contribution >= 4 is 22.6 Å². The van der Waals surface area contributed by atoms with E-state index in [2.05, 4.69) is 40.6 Å². The van der Waals surface area contributed by atoms with Crippen LogP contribution in [0.5, 0.6) is 5.88 Å². The Morgan fingerprint density at radius 2 is 2.43 bits per heavy atom. The van der Waals surface area contributed by atoms with Crippen LogP contribution in [0, 0.1) is 14.9 Å². The quantitative estimate of drug-likeness (QED) is 0.634. The Hall–Kier alpha value is -0.830. The third-order valence-corrected chi connectivity index (χ3v) is 2.26. The average Bonchev–Trinajstić information content (AvgIpc) is 2.20. The molecule has 0 radical (unpaired) electrons. The highest BCUT2D eigenvalue weighted by molar-refractivity contribution is 14.1. The minimum Gasteiger partial charge on any atom is -0.477 e. The zero-order valence-electron chi connectivity index (χ0n) is 7.96. The number of hydrogen-bond donors (Lipinski definition) is 0. The van der Waals surface area contributed by atoms with Crippen LogP contribution < -0.4 is 4.74 Å². The monoisotopic (exact) mass is 302 g/mol. The normalized spacial score (nSPS) is 9.50. The molecule has 74 valence electrons. The maximum absolute atomic E-state index is 8.83. The minimum absolute atomic E-state index is 0.446. The highest BCUT2D eigenvalue weighted by atomic mass is 127. The van der Waals surface area contributed by atoms with Crippen LogP contribution in [0.4, 0.5) is 0 Å². The molecule has 0 aliphatic carbocycles. The van der Waals surface area contributed by atoms with Gasteiger partial charge in [-0.1, -0.05) is 13.3 Å². The lowest BCUT2D eigenvalue weighted by molar-refractivity contribution is 0.297. The van der Waals surface area contributed by atoms with Crippen LogP contribution >= 0.6 is 22.6 Å². The maximum atomic E-state index is 8.83. The van der Waals surface area contributed by atoms with E-state index in [1.54, 1.807) is 12.3 Å². The molecular formula is C10H11IN2O. The number of aromatic nitrogens is 1. The first-order valence-electron chi connectivity index (χ1n) is 4.46. The number of halogens is 1. The zero-order valence-corrected chi connectivity index (χ0v) is 10.1. The van der Waals surface area contributed by atoms with Crippen LogP contribution in [0.3, 0.4) is 0 Å². The Kier molecular flexibility index (Phi) is 4.66. The first-order valence-corrected chi connectivity index (χ1v) is 5.54. The van der Waals surface area contributed by atoms with Gasteiger partial charge in [-0.15, -0.1) is 0 Å². The van der Waals surface area contributed by atoms with Crippen molar-refractivity contribution in [1.29, 1.82) is 5.26 Å². The van der Waals surface area contributed by atoms with Crippen LogP contribution in [-0.4, -0.2) is 11.6 Å². The molecule has 1 aromatic rings. The largest absolute Gasteiger partial charge is 0.477 e. The third-order valence-electron chi connectivity index (χ3n) is 1.67. The molecule has 4 heteroatoms. The van der Waals surface area contributed by atoms with Crippen molar-refractivity contribution in [2.75, 3.05) is 6.61 Å². The molecule has 0 amide bonds. The van der Waals surface area contributed by atoms with E-state index < -0.39 is 0 Å². The van der Waals surface area contributed by atoms with E-state index in [1.165, 1.54) is 0 Å². The van der Waals surface area contributed by atoms with Crippen LogP contribution in [0.25, 0.3) is 0 Å². The molecule has 0 N–H and O–H groups in total. The number of unbranched alkanes of at least 4 members (excludes halogenated alkanes) is 1. The molecule has 0 unspecified atom stereocenters. The summed E-state index contributed by atoms with van der Waals surface area (Å²) in [4.78, 5) is 4.07. The molecule has 1 rings (SSSR count). The second kappa shape index (κ2) is 5.81. The Morgan fingerprint density at radius 3 is 3.07 bits per heavy atom. The minimum atomic E-state index is 0.446. The predicted molar refractivity (Wildman–Crippen MR) is 62.1 cm³/mol. The van der Waals surface area contributed by atoms with Crippen LogP contribution in [0.15, 0.2) is 12.3 Å². The van der Waals surface area contributed by atoms with Crippen molar-refractivity contribution < 1.29 is 4.74 Å². The highest BCUT2D eigenvalue weighted by Gasteiger charge is 2.04. The van der Waals surface area contributed by atoms with E-state index in [0.717, 1.165) is 16.4 Å². The first kappa shape index (κ1) is 11.2. The third kappa shape index (κ3) is 3.14. The molecule has 0 fully saturated rings. The molecule has 0 atom stereocenters. The fraction of sp³-hybridized carbons (Fsp3) is 0.400. The number of nitrogens with zero attached hydrogens (tertiary/aromatic N) is 2. The van der Waals surface area contributed by atoms with Gasteiger partial charge in [0.05, 0.1) is 6.61 Å². The van der Waals surface area contributed by atoms with Gasteiger partial charge in [-0.05, 0) is 35.1 Å². The van der Waals surface area contributed by atoms with Gasteiger partial charge in [0.25, 0.3) is 0 Å². The van der Waals surface area contributed by atoms with Crippen molar-refractivity contribution in [3.63, 3.8) is 0 Å². The van der Waals surface area contributed by atoms with E-state index in [-0.39, 0.29) is 0 Å². The zero-order chi connectivity index (χ0) is 10.4. The van der Waals surface area contributed by atoms with Gasteiger partial charge in [0.1, 0.15) is 11.6 Å².